The van der Waals surface area contributed by atoms with Crippen LogP contribution in [-0.2, 0) is 14.3 Å². The van der Waals surface area contributed by atoms with Gasteiger partial charge in [0.2, 0.25) is 5.91 Å². The van der Waals surface area contributed by atoms with Gasteiger partial charge in [0, 0.05) is 6.42 Å². The van der Waals surface area contributed by atoms with E-state index in [0.29, 0.717) is 12.8 Å². The Morgan fingerprint density at radius 3 is 1.35 bits per heavy atom. The highest BCUT2D eigenvalue weighted by molar-refractivity contribution is 5.76. The summed E-state index contributed by atoms with van der Waals surface area (Å²) in [6.07, 6.45) is 70.5. The number of ether oxygens (including phenoxy) is 2. The predicted molar refractivity (Wildman–Crippen MR) is 299 cm³/mol. The lowest BCUT2D eigenvalue weighted by Gasteiger charge is -2.40. The highest BCUT2D eigenvalue weighted by atomic mass is 16.7. The first-order chi connectivity index (χ1) is 34.8. The number of hydrogen-bond donors (Lipinski definition) is 6. The summed E-state index contributed by atoms with van der Waals surface area (Å²) in [7, 11) is 0. The van der Waals surface area contributed by atoms with E-state index >= 15 is 0 Å². The van der Waals surface area contributed by atoms with E-state index in [9.17, 15) is 30.3 Å². The number of aliphatic hydroxyl groups is 5. The van der Waals surface area contributed by atoms with Crippen LogP contribution in [0, 0.1) is 0 Å². The van der Waals surface area contributed by atoms with Gasteiger partial charge >= 0.3 is 0 Å². The molecule has 0 saturated carbocycles. The molecule has 0 aromatic rings. The summed E-state index contributed by atoms with van der Waals surface area (Å²) in [5, 5.41) is 54.4. The molecular weight excluding hydrogens is 887 g/mol. The van der Waals surface area contributed by atoms with E-state index in [2.05, 4.69) is 153 Å². The van der Waals surface area contributed by atoms with Crippen molar-refractivity contribution in [3.05, 3.63) is 146 Å². The molecule has 400 valence electrons. The van der Waals surface area contributed by atoms with Crippen LogP contribution in [0.25, 0.3) is 0 Å². The van der Waals surface area contributed by atoms with Crippen LogP contribution in [-0.4, -0.2) is 87.5 Å². The number of unbranched alkanes of at least 4 members (excludes halogenated alkanes) is 12. The first kappa shape index (κ1) is 65.1. The summed E-state index contributed by atoms with van der Waals surface area (Å²) in [6, 6.07) is -0.871. The van der Waals surface area contributed by atoms with Crippen LogP contribution in [0.2, 0.25) is 0 Å². The van der Waals surface area contributed by atoms with Crippen molar-refractivity contribution < 1.29 is 39.8 Å². The molecule has 1 saturated heterocycles. The minimum absolute atomic E-state index is 0.240. The lowest BCUT2D eigenvalue weighted by molar-refractivity contribution is -0.302. The molecule has 1 fully saturated rings. The minimum atomic E-state index is -1.60. The lowest BCUT2D eigenvalue weighted by Crippen LogP contribution is -2.60. The largest absolute Gasteiger partial charge is 0.394 e. The van der Waals surface area contributed by atoms with E-state index in [1.807, 2.05) is 6.08 Å². The summed E-state index contributed by atoms with van der Waals surface area (Å²) in [5.41, 5.74) is 0. The topological polar surface area (TPSA) is 149 Å². The van der Waals surface area contributed by atoms with Gasteiger partial charge in [-0.3, -0.25) is 4.79 Å². The zero-order valence-electron chi connectivity index (χ0n) is 44.2. The molecule has 7 unspecified atom stereocenters. The molecule has 0 aromatic heterocycles. The van der Waals surface area contributed by atoms with Gasteiger partial charge < -0.3 is 40.3 Å². The number of allylic oxidation sites excluding steroid dienone is 23. The smallest absolute Gasteiger partial charge is 0.220 e. The van der Waals surface area contributed by atoms with Crippen LogP contribution in [0.1, 0.15) is 181 Å². The van der Waals surface area contributed by atoms with Crippen molar-refractivity contribution in [1.29, 1.82) is 0 Å². The summed E-state index contributed by atoms with van der Waals surface area (Å²) in [6.45, 7) is 3.59. The Balaban J connectivity index is 2.36. The van der Waals surface area contributed by atoms with Crippen molar-refractivity contribution in [2.24, 2.45) is 0 Å². The van der Waals surface area contributed by atoms with Crippen molar-refractivity contribution in [3.8, 4) is 0 Å². The molecular formula is C62H99NO8. The van der Waals surface area contributed by atoms with Crippen molar-refractivity contribution in [2.45, 2.75) is 224 Å². The highest BCUT2D eigenvalue weighted by Gasteiger charge is 2.44. The molecule has 1 heterocycles. The number of carbonyl (C=O) groups is 1. The third kappa shape index (κ3) is 39.3. The number of carbonyl (C=O) groups excluding carboxylic acids is 1. The normalized spacial score (nSPS) is 20.5. The summed E-state index contributed by atoms with van der Waals surface area (Å²) in [4.78, 5) is 13.0. The maximum atomic E-state index is 13.0. The Labute approximate surface area is 432 Å². The third-order valence-electron chi connectivity index (χ3n) is 11.9. The SMILES string of the molecule is CC/C=C\C/C=C\C/C=C\C/C=C\C/C=C\C/C=C\C/C=C\C/C=C\C/C=C\CCCC(=O)NC(COC1OC(CO)C(O)C(O)C1O)C(O)/C=C/CC/C=C/CC/C=C/CCCCCCCCCCC. The molecule has 0 spiro atoms. The Kier molecular flexibility index (Phi) is 45.5. The van der Waals surface area contributed by atoms with Gasteiger partial charge in [0.15, 0.2) is 6.29 Å². The van der Waals surface area contributed by atoms with Crippen molar-refractivity contribution in [3.63, 3.8) is 0 Å². The third-order valence-corrected chi connectivity index (χ3v) is 11.9. The quantitative estimate of drug-likeness (QED) is 0.0261. The first-order valence-electron chi connectivity index (χ1n) is 27.6. The summed E-state index contributed by atoms with van der Waals surface area (Å²) in [5.74, 6) is -0.255. The van der Waals surface area contributed by atoms with Crippen LogP contribution in [0.5, 0.6) is 0 Å². The van der Waals surface area contributed by atoms with Gasteiger partial charge in [-0.15, -0.1) is 0 Å². The van der Waals surface area contributed by atoms with E-state index < -0.39 is 49.5 Å². The Bertz CT molecular complexity index is 1610. The first-order valence-corrected chi connectivity index (χ1v) is 27.6. The fourth-order valence-electron chi connectivity index (χ4n) is 7.54. The fraction of sp³-hybridized carbons (Fsp3) is 0.597. The Hall–Kier alpha value is -3.93. The van der Waals surface area contributed by atoms with Gasteiger partial charge in [-0.25, -0.2) is 0 Å². The van der Waals surface area contributed by atoms with Crippen molar-refractivity contribution >= 4 is 5.91 Å². The number of aliphatic hydroxyl groups excluding tert-OH is 5. The van der Waals surface area contributed by atoms with Gasteiger partial charge in [0.1, 0.15) is 24.4 Å². The fourth-order valence-corrected chi connectivity index (χ4v) is 7.54. The number of hydrogen-bond acceptors (Lipinski definition) is 8. The monoisotopic (exact) mass is 986 g/mol. The lowest BCUT2D eigenvalue weighted by atomic mass is 9.99. The predicted octanol–water partition coefficient (Wildman–Crippen LogP) is 13.5. The van der Waals surface area contributed by atoms with Crippen LogP contribution >= 0.6 is 0 Å². The van der Waals surface area contributed by atoms with Gasteiger partial charge in [-0.2, -0.15) is 0 Å². The van der Waals surface area contributed by atoms with Gasteiger partial charge in [-0.1, -0.05) is 211 Å². The molecule has 1 aliphatic rings. The second-order valence-electron chi connectivity index (χ2n) is 18.3. The van der Waals surface area contributed by atoms with Crippen LogP contribution in [0.3, 0.4) is 0 Å². The second-order valence-corrected chi connectivity index (χ2v) is 18.3. The molecule has 1 amide bonds. The minimum Gasteiger partial charge on any atom is -0.394 e. The Morgan fingerprint density at radius 2 is 0.887 bits per heavy atom. The van der Waals surface area contributed by atoms with Gasteiger partial charge in [0.25, 0.3) is 0 Å². The number of rotatable bonds is 44. The van der Waals surface area contributed by atoms with E-state index in [0.717, 1.165) is 89.9 Å². The molecule has 9 nitrogen and oxygen atoms in total. The molecule has 7 atom stereocenters. The second kappa shape index (κ2) is 49.6. The average molecular weight is 986 g/mol. The molecule has 0 aliphatic carbocycles. The molecule has 1 rings (SSSR count). The van der Waals surface area contributed by atoms with Crippen LogP contribution in [0.4, 0.5) is 0 Å². The zero-order valence-corrected chi connectivity index (χ0v) is 44.2. The van der Waals surface area contributed by atoms with Crippen LogP contribution in [0.15, 0.2) is 146 Å². The van der Waals surface area contributed by atoms with E-state index in [1.165, 1.54) is 57.8 Å². The maximum absolute atomic E-state index is 13.0. The maximum Gasteiger partial charge on any atom is 0.220 e. The molecule has 0 radical (unpaired) electrons. The Morgan fingerprint density at radius 1 is 0.493 bits per heavy atom. The highest BCUT2D eigenvalue weighted by Crippen LogP contribution is 2.22. The molecule has 0 aromatic carbocycles. The molecule has 6 N–H and O–H groups in total. The summed E-state index contributed by atoms with van der Waals surface area (Å²) >= 11 is 0. The number of amides is 1. The standard InChI is InChI=1S/C62H99NO8/c1-3-5-7-9-11-13-15-17-19-21-23-24-25-26-27-28-29-30-31-32-34-36-38-40-42-44-46-48-50-52-58(66)63-55(54-70-62-61(69)60(68)59(67)57(53-64)71-62)56(65)51-49-47-45-43-41-39-37-35-33-22-20-18-16-14-12-10-8-6-4-2/h5,7,11,13,17,19,23-24,26-27,29-30,32-35,38,40-41,43-44,46,49,51,55-57,59-62,64-65,67-69H,3-4,6,8-10,12,14-16,18,20-22,25,28,31,36-37,39,42,45,47-48,50,52-54H2,1-2H3,(H,63,66)/b7-5-,13-11-,19-17-,24-23-,27-26-,30-29-,34-32-,35-33+,40-38-,43-41+,46-44-,51-49+. The van der Waals surface area contributed by atoms with E-state index in [4.69, 9.17) is 9.47 Å². The van der Waals surface area contributed by atoms with Crippen molar-refractivity contribution in [1.82, 2.24) is 5.32 Å². The van der Waals surface area contributed by atoms with Gasteiger partial charge in [0.05, 0.1) is 25.4 Å². The van der Waals surface area contributed by atoms with Crippen LogP contribution < -0.4 is 5.32 Å². The van der Waals surface area contributed by atoms with E-state index in [-0.39, 0.29) is 18.9 Å². The molecule has 9 heteroatoms. The zero-order chi connectivity index (χ0) is 51.5. The van der Waals surface area contributed by atoms with E-state index in [1.54, 1.807) is 6.08 Å². The van der Waals surface area contributed by atoms with Gasteiger partial charge in [-0.05, 0) is 109 Å². The average Bonchev–Trinajstić information content (AvgIpc) is 3.37. The molecule has 1 aliphatic heterocycles. The summed E-state index contributed by atoms with van der Waals surface area (Å²) < 4.78 is 11.2. The van der Waals surface area contributed by atoms with Crippen molar-refractivity contribution in [2.75, 3.05) is 13.2 Å². The molecule has 0 bridgehead atoms. The molecule has 71 heavy (non-hydrogen) atoms. The number of nitrogens with one attached hydrogen (secondary N) is 1.